The molecule has 3 aromatic carbocycles. The second kappa shape index (κ2) is 8.24. The van der Waals surface area contributed by atoms with Crippen LogP contribution in [0.4, 0.5) is 0 Å². The summed E-state index contributed by atoms with van der Waals surface area (Å²) >= 11 is 0. The second-order valence-corrected chi connectivity index (χ2v) is 6.95. The lowest BCUT2D eigenvalue weighted by Gasteiger charge is -2.13. The minimum absolute atomic E-state index is 0.147. The molecule has 29 heavy (non-hydrogen) atoms. The maximum Gasteiger partial charge on any atom is 0.203 e. The molecule has 0 aliphatic carbocycles. The molecule has 1 aromatic heterocycles. The summed E-state index contributed by atoms with van der Waals surface area (Å²) in [5.74, 6) is 0.922. The van der Waals surface area contributed by atoms with Crippen molar-refractivity contribution in [3.63, 3.8) is 0 Å². The highest BCUT2D eigenvalue weighted by Gasteiger charge is 2.15. The first-order valence-electron chi connectivity index (χ1n) is 9.48. The Hall–Kier alpha value is -3.51. The molecule has 4 rings (SSSR count). The van der Waals surface area contributed by atoms with E-state index < -0.39 is 6.10 Å². The van der Waals surface area contributed by atoms with E-state index in [9.17, 15) is 10.2 Å². The lowest BCUT2D eigenvalue weighted by atomic mass is 10.2. The Kier molecular flexibility index (Phi) is 5.35. The number of aromatic nitrogens is 2. The number of phenols is 1. The molecule has 0 aliphatic rings. The van der Waals surface area contributed by atoms with E-state index in [1.807, 2.05) is 71.3 Å². The maximum atomic E-state index is 10.5. The summed E-state index contributed by atoms with van der Waals surface area (Å²) in [5, 5.41) is 28.7. The zero-order chi connectivity index (χ0) is 20.2. The van der Waals surface area contributed by atoms with Crippen molar-refractivity contribution in [3.8, 4) is 11.5 Å². The average Bonchev–Trinajstić information content (AvgIpc) is 3.00. The molecular formula is C23H23N3O3. The number of hydrogen-bond donors (Lipinski definition) is 3. The molecule has 1 unspecified atom stereocenters. The van der Waals surface area contributed by atoms with E-state index in [0.717, 1.165) is 16.6 Å². The number of fused-ring (bicyclic) bond motifs is 1. The van der Waals surface area contributed by atoms with E-state index in [0.29, 0.717) is 17.9 Å². The number of hydrogen-bond acceptors (Lipinski definition) is 4. The summed E-state index contributed by atoms with van der Waals surface area (Å²) in [6.07, 6.45) is -0.753. The minimum Gasteiger partial charge on any atom is -0.508 e. The second-order valence-electron chi connectivity index (χ2n) is 6.95. The molecule has 0 radical (unpaired) electrons. The maximum absolute atomic E-state index is 10.5. The normalized spacial score (nSPS) is 12.2. The fourth-order valence-electron chi connectivity index (χ4n) is 3.40. The number of aromatic hydroxyl groups is 1. The smallest absolute Gasteiger partial charge is 0.203 e. The molecule has 148 valence electrons. The number of nitrogens with zero attached hydrogens (tertiary/aromatic N) is 2. The molecule has 1 heterocycles. The van der Waals surface area contributed by atoms with Crippen LogP contribution in [0.3, 0.4) is 0 Å². The Balaban J connectivity index is 1.58. The van der Waals surface area contributed by atoms with Crippen LogP contribution >= 0.6 is 0 Å². The average molecular weight is 389 g/mol. The third-order valence-electron chi connectivity index (χ3n) is 4.83. The van der Waals surface area contributed by atoms with E-state index in [1.54, 1.807) is 16.7 Å². The van der Waals surface area contributed by atoms with Crippen molar-refractivity contribution in [1.29, 1.82) is 5.41 Å². The largest absolute Gasteiger partial charge is 0.508 e. The molecular weight excluding hydrogens is 366 g/mol. The number of aliphatic hydroxyl groups excluding tert-OH is 1. The molecule has 0 spiro atoms. The van der Waals surface area contributed by atoms with Gasteiger partial charge in [-0.1, -0.05) is 42.5 Å². The van der Waals surface area contributed by atoms with Gasteiger partial charge in [-0.15, -0.1) is 0 Å². The third-order valence-corrected chi connectivity index (χ3v) is 4.83. The Morgan fingerprint density at radius 1 is 0.828 bits per heavy atom. The fraction of sp³-hybridized carbons (Fsp3) is 0.174. The van der Waals surface area contributed by atoms with Crippen molar-refractivity contribution in [1.82, 2.24) is 9.13 Å². The number of phenolic OH excluding ortho intramolecular Hbond substituents is 1. The van der Waals surface area contributed by atoms with Gasteiger partial charge in [0, 0.05) is 0 Å². The summed E-state index contributed by atoms with van der Waals surface area (Å²) < 4.78 is 9.35. The molecule has 4 aromatic rings. The standard InChI is InChI=1S/C23H23N3O3/c24-23-25(14-17-10-12-18(27)13-11-17)21-8-4-5-9-22(21)26(23)15-19(28)16-29-20-6-2-1-3-7-20/h1-13,19,24,27-28H,14-16H2. The molecule has 1 atom stereocenters. The van der Waals surface area contributed by atoms with E-state index in [2.05, 4.69) is 0 Å². The molecule has 0 aliphatic heterocycles. The summed E-state index contributed by atoms with van der Waals surface area (Å²) in [6.45, 7) is 0.909. The molecule has 6 heteroatoms. The molecule has 0 saturated heterocycles. The third kappa shape index (κ3) is 4.17. The van der Waals surface area contributed by atoms with Gasteiger partial charge in [0.1, 0.15) is 24.2 Å². The first-order chi connectivity index (χ1) is 14.1. The van der Waals surface area contributed by atoms with Gasteiger partial charge < -0.3 is 24.1 Å². The van der Waals surface area contributed by atoms with Crippen LogP contribution in [0.15, 0.2) is 78.9 Å². The Morgan fingerprint density at radius 3 is 2.14 bits per heavy atom. The van der Waals surface area contributed by atoms with Crippen molar-refractivity contribution >= 4 is 11.0 Å². The lowest BCUT2D eigenvalue weighted by Crippen LogP contribution is -2.31. The molecule has 0 amide bonds. The van der Waals surface area contributed by atoms with Gasteiger partial charge in [-0.05, 0) is 42.0 Å². The molecule has 3 N–H and O–H groups in total. The van der Waals surface area contributed by atoms with Crippen LogP contribution in [-0.2, 0) is 13.1 Å². The number of aliphatic hydroxyl groups is 1. The van der Waals surface area contributed by atoms with E-state index in [-0.39, 0.29) is 18.9 Å². The van der Waals surface area contributed by atoms with Crippen molar-refractivity contribution in [2.45, 2.75) is 19.2 Å². The topological polar surface area (TPSA) is 83.4 Å². The lowest BCUT2D eigenvalue weighted by molar-refractivity contribution is 0.0921. The summed E-state index contributed by atoms with van der Waals surface area (Å²) in [4.78, 5) is 0. The van der Waals surface area contributed by atoms with Crippen LogP contribution < -0.4 is 10.4 Å². The number of para-hydroxylation sites is 3. The molecule has 0 bridgehead atoms. The number of rotatable bonds is 7. The zero-order valence-corrected chi connectivity index (χ0v) is 15.9. The summed E-state index contributed by atoms with van der Waals surface area (Å²) in [7, 11) is 0. The van der Waals surface area contributed by atoms with Crippen molar-refractivity contribution in [2.24, 2.45) is 0 Å². The number of nitrogens with one attached hydrogen (secondary N) is 1. The Morgan fingerprint density at radius 2 is 1.45 bits per heavy atom. The zero-order valence-electron chi connectivity index (χ0n) is 15.9. The van der Waals surface area contributed by atoms with E-state index in [4.69, 9.17) is 10.1 Å². The quantitative estimate of drug-likeness (QED) is 0.454. The van der Waals surface area contributed by atoms with Gasteiger partial charge in [0.25, 0.3) is 0 Å². The van der Waals surface area contributed by atoms with E-state index >= 15 is 0 Å². The number of imidazole rings is 1. The van der Waals surface area contributed by atoms with Crippen LogP contribution in [0.1, 0.15) is 5.56 Å². The SMILES string of the molecule is N=c1n(Cc2ccc(O)cc2)c2ccccc2n1CC(O)COc1ccccc1. The summed E-state index contributed by atoms with van der Waals surface area (Å²) in [6, 6.07) is 24.1. The first kappa shape index (κ1) is 18.8. The van der Waals surface area contributed by atoms with Gasteiger partial charge in [0.05, 0.1) is 24.1 Å². The highest BCUT2D eigenvalue weighted by molar-refractivity contribution is 5.76. The van der Waals surface area contributed by atoms with Crippen LogP contribution in [0, 0.1) is 5.41 Å². The van der Waals surface area contributed by atoms with Gasteiger partial charge in [-0.3, -0.25) is 5.41 Å². The monoisotopic (exact) mass is 389 g/mol. The van der Waals surface area contributed by atoms with Crippen molar-refractivity contribution < 1.29 is 14.9 Å². The molecule has 0 saturated carbocycles. The van der Waals surface area contributed by atoms with Crippen molar-refractivity contribution in [2.75, 3.05) is 6.61 Å². The number of benzene rings is 3. The van der Waals surface area contributed by atoms with Gasteiger partial charge in [-0.25, -0.2) is 0 Å². The van der Waals surface area contributed by atoms with Gasteiger partial charge in [0.2, 0.25) is 5.62 Å². The van der Waals surface area contributed by atoms with Crippen LogP contribution in [0.2, 0.25) is 0 Å². The van der Waals surface area contributed by atoms with Crippen LogP contribution in [0.5, 0.6) is 11.5 Å². The van der Waals surface area contributed by atoms with Crippen LogP contribution in [0.25, 0.3) is 11.0 Å². The highest BCUT2D eigenvalue weighted by Crippen LogP contribution is 2.17. The van der Waals surface area contributed by atoms with Crippen LogP contribution in [-0.4, -0.2) is 32.1 Å². The Labute approximate surface area is 168 Å². The fourth-order valence-corrected chi connectivity index (χ4v) is 3.40. The van der Waals surface area contributed by atoms with Gasteiger partial charge in [-0.2, -0.15) is 0 Å². The Bertz CT molecular complexity index is 1150. The van der Waals surface area contributed by atoms with Crippen molar-refractivity contribution in [3.05, 3.63) is 90.0 Å². The predicted octanol–water partition coefficient (Wildman–Crippen LogP) is 3.12. The highest BCUT2D eigenvalue weighted by atomic mass is 16.5. The first-order valence-corrected chi connectivity index (χ1v) is 9.48. The predicted molar refractivity (Wildman–Crippen MR) is 111 cm³/mol. The molecule has 0 fully saturated rings. The van der Waals surface area contributed by atoms with Gasteiger partial charge in [0.15, 0.2) is 0 Å². The molecule has 6 nitrogen and oxygen atoms in total. The summed E-state index contributed by atoms with van der Waals surface area (Å²) in [5.41, 5.74) is 3.09. The number of ether oxygens (including phenoxy) is 1. The minimum atomic E-state index is -0.753. The van der Waals surface area contributed by atoms with Gasteiger partial charge >= 0.3 is 0 Å². The van der Waals surface area contributed by atoms with E-state index in [1.165, 1.54) is 0 Å².